The summed E-state index contributed by atoms with van der Waals surface area (Å²) in [6.07, 6.45) is 0.225. The number of anilines is 1. The zero-order valence-electron chi connectivity index (χ0n) is 14.1. The highest BCUT2D eigenvalue weighted by Gasteiger charge is 2.60. The summed E-state index contributed by atoms with van der Waals surface area (Å²) in [5, 5.41) is 9.80. The summed E-state index contributed by atoms with van der Waals surface area (Å²) in [6.45, 7) is 5.89. The number of nitrogens with two attached hydrogens (primary N) is 1. The zero-order valence-corrected chi connectivity index (χ0v) is 14.9. The Balaban J connectivity index is 1.81. The van der Waals surface area contributed by atoms with Crippen LogP contribution in [0.4, 0.5) is 5.82 Å². The molecule has 25 heavy (non-hydrogen) atoms. The zero-order chi connectivity index (χ0) is 18.0. The number of nitrogen functional groups attached to an aromatic ring is 1. The molecule has 0 radical (unpaired) electrons. The van der Waals surface area contributed by atoms with Gasteiger partial charge in [0.05, 0.1) is 25.0 Å². The van der Waals surface area contributed by atoms with Crippen LogP contribution in [-0.2, 0) is 14.2 Å². The first-order chi connectivity index (χ1) is 11.7. The Hall–Kier alpha value is -1.52. The third-order valence-electron chi connectivity index (χ3n) is 4.85. The van der Waals surface area contributed by atoms with Crippen LogP contribution in [0.1, 0.15) is 27.0 Å². The Labute approximate surface area is 149 Å². The average Bonchev–Trinajstić information content (AvgIpc) is 3.06. The van der Waals surface area contributed by atoms with Crippen LogP contribution in [0.3, 0.4) is 0 Å². The van der Waals surface area contributed by atoms with E-state index in [2.05, 4.69) is 15.0 Å². The maximum atomic E-state index is 9.77. The molecule has 0 aliphatic carbocycles. The van der Waals surface area contributed by atoms with Crippen LogP contribution in [0.5, 0.6) is 0 Å². The van der Waals surface area contributed by atoms with Gasteiger partial charge in [0.1, 0.15) is 24.0 Å². The van der Waals surface area contributed by atoms with E-state index in [1.54, 1.807) is 10.9 Å². The number of halogens is 1. The lowest BCUT2D eigenvalue weighted by molar-refractivity contribution is -0.314. The average molecular weight is 370 g/mol. The minimum Gasteiger partial charge on any atom is -0.394 e. The maximum Gasteiger partial charge on any atom is 0.226 e. The van der Waals surface area contributed by atoms with Gasteiger partial charge in [-0.1, -0.05) is 6.92 Å². The van der Waals surface area contributed by atoms with Crippen molar-refractivity contribution in [3.63, 3.8) is 0 Å². The fourth-order valence-corrected chi connectivity index (χ4v) is 3.77. The molecule has 2 aromatic rings. The highest BCUT2D eigenvalue weighted by molar-refractivity contribution is 6.28. The molecule has 2 aliphatic rings. The summed E-state index contributed by atoms with van der Waals surface area (Å²) < 4.78 is 19.8. The molecule has 2 fully saturated rings. The van der Waals surface area contributed by atoms with Crippen molar-refractivity contribution in [1.29, 1.82) is 0 Å². The fourth-order valence-electron chi connectivity index (χ4n) is 3.59. The van der Waals surface area contributed by atoms with Gasteiger partial charge in [0.25, 0.3) is 0 Å². The molecule has 0 spiro atoms. The smallest absolute Gasteiger partial charge is 0.226 e. The van der Waals surface area contributed by atoms with Crippen molar-refractivity contribution in [2.24, 2.45) is 5.41 Å². The van der Waals surface area contributed by atoms with Crippen molar-refractivity contribution in [2.45, 2.75) is 45.0 Å². The second-order valence-corrected chi connectivity index (χ2v) is 7.48. The Kier molecular flexibility index (Phi) is 3.71. The molecule has 0 amide bonds. The minimum absolute atomic E-state index is 0.0300. The summed E-state index contributed by atoms with van der Waals surface area (Å²) in [5.41, 5.74) is 6.24. The first-order valence-electron chi connectivity index (χ1n) is 7.99. The number of hydrogen-bond donors (Lipinski definition) is 2. The lowest BCUT2D eigenvalue weighted by Crippen LogP contribution is -2.54. The van der Waals surface area contributed by atoms with Crippen LogP contribution in [0.25, 0.3) is 11.2 Å². The molecular formula is C15H20ClN5O4. The largest absolute Gasteiger partial charge is 0.394 e. The Bertz CT molecular complexity index is 828. The second kappa shape index (κ2) is 5.49. The van der Waals surface area contributed by atoms with E-state index in [-0.39, 0.29) is 23.8 Å². The SMILES string of the molecule is CC1(C)OC[C@@]2(C)C(O1)[C@@H](CO)O[C@H]2n1cnc2c(N)nc(Cl)nc21. The van der Waals surface area contributed by atoms with E-state index >= 15 is 0 Å². The van der Waals surface area contributed by atoms with Gasteiger partial charge in [-0.3, -0.25) is 4.57 Å². The van der Waals surface area contributed by atoms with Gasteiger partial charge in [0, 0.05) is 0 Å². The number of hydrogen-bond acceptors (Lipinski definition) is 8. The first kappa shape index (κ1) is 16.9. The van der Waals surface area contributed by atoms with Crippen molar-refractivity contribution in [1.82, 2.24) is 19.5 Å². The van der Waals surface area contributed by atoms with Crippen molar-refractivity contribution in [3.8, 4) is 0 Å². The lowest BCUT2D eigenvalue weighted by Gasteiger charge is -2.45. The molecule has 0 saturated carbocycles. The molecule has 3 N–H and O–H groups in total. The van der Waals surface area contributed by atoms with Crippen LogP contribution in [0.15, 0.2) is 6.33 Å². The van der Waals surface area contributed by atoms with Gasteiger partial charge in [-0.2, -0.15) is 9.97 Å². The Morgan fingerprint density at radius 2 is 2.16 bits per heavy atom. The van der Waals surface area contributed by atoms with Crippen molar-refractivity contribution in [3.05, 3.63) is 11.6 Å². The van der Waals surface area contributed by atoms with Crippen LogP contribution in [0.2, 0.25) is 5.28 Å². The van der Waals surface area contributed by atoms with Crippen molar-refractivity contribution < 1.29 is 19.3 Å². The summed E-state index contributed by atoms with van der Waals surface area (Å²) in [6, 6.07) is 0. The highest BCUT2D eigenvalue weighted by Crippen LogP contribution is 2.51. The highest BCUT2D eigenvalue weighted by atomic mass is 35.5. The number of imidazole rings is 1. The van der Waals surface area contributed by atoms with Gasteiger partial charge >= 0.3 is 0 Å². The van der Waals surface area contributed by atoms with Gasteiger partial charge in [0.15, 0.2) is 17.3 Å². The van der Waals surface area contributed by atoms with Gasteiger partial charge in [-0.25, -0.2) is 4.98 Å². The van der Waals surface area contributed by atoms with Gasteiger partial charge < -0.3 is 25.1 Å². The van der Waals surface area contributed by atoms with Crippen LogP contribution in [-0.4, -0.2) is 55.8 Å². The first-order valence-corrected chi connectivity index (χ1v) is 8.36. The molecule has 0 bridgehead atoms. The molecule has 136 valence electrons. The molecule has 9 nitrogen and oxygen atoms in total. The molecule has 4 heterocycles. The number of fused-ring (bicyclic) bond motifs is 2. The maximum absolute atomic E-state index is 9.77. The lowest BCUT2D eigenvalue weighted by atomic mass is 9.81. The monoisotopic (exact) mass is 369 g/mol. The van der Waals surface area contributed by atoms with Gasteiger partial charge in [0.2, 0.25) is 5.28 Å². The number of aromatic nitrogens is 4. The fraction of sp³-hybridized carbons (Fsp3) is 0.667. The number of nitrogens with zero attached hydrogens (tertiary/aromatic N) is 4. The van der Waals surface area contributed by atoms with E-state index < -0.39 is 23.5 Å². The van der Waals surface area contributed by atoms with Gasteiger partial charge in [-0.05, 0) is 25.4 Å². The minimum atomic E-state index is -0.747. The van der Waals surface area contributed by atoms with E-state index in [1.165, 1.54) is 0 Å². The molecule has 4 atom stereocenters. The predicted octanol–water partition coefficient (Wildman–Crippen LogP) is 1.11. The number of aliphatic hydroxyl groups is 1. The predicted molar refractivity (Wildman–Crippen MR) is 88.8 cm³/mol. The molecule has 2 aromatic heterocycles. The number of rotatable bonds is 2. The summed E-state index contributed by atoms with van der Waals surface area (Å²) in [5.74, 6) is -0.549. The van der Waals surface area contributed by atoms with E-state index in [0.717, 1.165) is 0 Å². The standard InChI is InChI=1S/C15H20ClN5O4/c1-14(2)23-5-15(3)9(25-14)7(4-22)24-12(15)21-6-18-8-10(17)19-13(16)20-11(8)21/h6-7,9,12,22H,4-5H2,1-3H3,(H2,17,19,20)/t7-,9?,12-,15+/m1/s1. The van der Waals surface area contributed by atoms with Crippen LogP contribution < -0.4 is 5.73 Å². The van der Waals surface area contributed by atoms with E-state index in [4.69, 9.17) is 31.5 Å². The third-order valence-corrected chi connectivity index (χ3v) is 5.02. The second-order valence-electron chi connectivity index (χ2n) is 7.14. The van der Waals surface area contributed by atoms with Crippen molar-refractivity contribution >= 4 is 28.6 Å². The van der Waals surface area contributed by atoms with Crippen LogP contribution in [0, 0.1) is 5.41 Å². The van der Waals surface area contributed by atoms with E-state index in [1.807, 2.05) is 20.8 Å². The Morgan fingerprint density at radius 3 is 2.88 bits per heavy atom. The third kappa shape index (κ3) is 2.49. The quantitative estimate of drug-likeness (QED) is 0.756. The molecule has 4 rings (SSSR count). The molecular weight excluding hydrogens is 350 g/mol. The molecule has 10 heteroatoms. The Morgan fingerprint density at radius 1 is 1.40 bits per heavy atom. The molecule has 0 aromatic carbocycles. The molecule has 2 aliphatic heterocycles. The summed E-state index contributed by atoms with van der Waals surface area (Å²) >= 11 is 5.95. The number of ether oxygens (including phenoxy) is 3. The van der Waals surface area contributed by atoms with Crippen molar-refractivity contribution in [2.75, 3.05) is 18.9 Å². The number of aliphatic hydroxyl groups excluding tert-OH is 1. The molecule has 1 unspecified atom stereocenters. The summed E-state index contributed by atoms with van der Waals surface area (Å²) in [4.78, 5) is 12.4. The van der Waals surface area contributed by atoms with E-state index in [0.29, 0.717) is 17.8 Å². The van der Waals surface area contributed by atoms with Gasteiger partial charge in [-0.15, -0.1) is 0 Å². The normalized spacial score (nSPS) is 34.4. The molecule has 2 saturated heterocycles. The summed E-state index contributed by atoms with van der Waals surface area (Å²) in [7, 11) is 0. The topological polar surface area (TPSA) is 118 Å². The van der Waals surface area contributed by atoms with Crippen LogP contribution >= 0.6 is 11.6 Å². The van der Waals surface area contributed by atoms with E-state index in [9.17, 15) is 5.11 Å².